The molecule has 1 amide bonds. The van der Waals surface area contributed by atoms with Crippen LogP contribution in [-0.2, 0) is 5.75 Å². The summed E-state index contributed by atoms with van der Waals surface area (Å²) in [6.07, 6.45) is 0. The molecule has 2 N–H and O–H groups in total. The number of nitrogens with one attached hydrogen (secondary N) is 2. The summed E-state index contributed by atoms with van der Waals surface area (Å²) in [7, 11) is 0. The lowest BCUT2D eigenvalue weighted by Gasteiger charge is -2.21. The number of H-pyrrole nitrogens is 1. The monoisotopic (exact) mass is 445 g/mol. The molecule has 0 aliphatic carbocycles. The summed E-state index contributed by atoms with van der Waals surface area (Å²) >= 11 is 1.58. The SMILES string of the molecule is C[C@H](NC(=O)c1ccccc1CSc1nc2ccccc2[nH]1)c1ccc2c(c1)OCCO2. The molecule has 0 bridgehead atoms. The Morgan fingerprint density at radius 3 is 2.72 bits per heavy atom. The number of fused-ring (bicyclic) bond motifs is 2. The van der Waals surface area contributed by atoms with E-state index in [-0.39, 0.29) is 11.9 Å². The molecule has 5 rings (SSSR count). The number of thioether (sulfide) groups is 1. The molecule has 1 aromatic heterocycles. The lowest BCUT2D eigenvalue weighted by Crippen LogP contribution is -2.27. The van der Waals surface area contributed by atoms with Crippen LogP contribution in [0.15, 0.2) is 71.9 Å². The summed E-state index contributed by atoms with van der Waals surface area (Å²) in [6.45, 7) is 3.06. The van der Waals surface area contributed by atoms with Gasteiger partial charge in [-0.2, -0.15) is 0 Å². The first-order valence-corrected chi connectivity index (χ1v) is 11.5. The van der Waals surface area contributed by atoms with Gasteiger partial charge in [0.25, 0.3) is 5.91 Å². The summed E-state index contributed by atoms with van der Waals surface area (Å²) < 4.78 is 11.3. The molecular formula is C25H23N3O3S. The fourth-order valence-electron chi connectivity index (χ4n) is 3.70. The molecule has 0 spiro atoms. The summed E-state index contributed by atoms with van der Waals surface area (Å²) in [5.41, 5.74) is 4.55. The van der Waals surface area contributed by atoms with E-state index in [4.69, 9.17) is 9.47 Å². The third kappa shape index (κ3) is 4.29. The summed E-state index contributed by atoms with van der Waals surface area (Å²) in [6, 6.07) is 21.2. The van der Waals surface area contributed by atoms with Crippen molar-refractivity contribution >= 4 is 28.7 Å². The number of carbonyl (C=O) groups excluding carboxylic acids is 1. The van der Waals surface area contributed by atoms with Crippen LogP contribution in [0.2, 0.25) is 0 Å². The number of hydrogen-bond acceptors (Lipinski definition) is 5. The maximum atomic E-state index is 13.1. The molecule has 3 aromatic carbocycles. The fraction of sp³-hybridized carbons (Fsp3) is 0.200. The molecule has 162 valence electrons. The van der Waals surface area contributed by atoms with Gasteiger partial charge >= 0.3 is 0 Å². The second-order valence-corrected chi connectivity index (χ2v) is 8.57. The zero-order valence-corrected chi connectivity index (χ0v) is 18.4. The van der Waals surface area contributed by atoms with Gasteiger partial charge in [-0.1, -0.05) is 48.2 Å². The normalized spacial score (nSPS) is 13.7. The molecule has 1 aliphatic heterocycles. The number of hydrogen-bond donors (Lipinski definition) is 2. The van der Waals surface area contributed by atoms with E-state index in [1.165, 1.54) is 0 Å². The molecule has 7 heteroatoms. The first-order valence-electron chi connectivity index (χ1n) is 10.5. The first kappa shape index (κ1) is 20.5. The Morgan fingerprint density at radius 2 is 1.84 bits per heavy atom. The minimum atomic E-state index is -0.172. The molecule has 32 heavy (non-hydrogen) atoms. The van der Waals surface area contributed by atoms with E-state index in [2.05, 4.69) is 15.3 Å². The van der Waals surface area contributed by atoms with Gasteiger partial charge in [-0.25, -0.2) is 4.98 Å². The number of ether oxygens (including phenoxy) is 2. The Morgan fingerprint density at radius 1 is 1.06 bits per heavy atom. The minimum Gasteiger partial charge on any atom is -0.486 e. The second kappa shape index (κ2) is 8.96. The summed E-state index contributed by atoms with van der Waals surface area (Å²) in [4.78, 5) is 21.0. The highest BCUT2D eigenvalue weighted by atomic mass is 32.2. The van der Waals surface area contributed by atoms with Crippen molar-refractivity contribution in [3.05, 3.63) is 83.4 Å². The first-order chi connectivity index (χ1) is 15.7. The van der Waals surface area contributed by atoms with Crippen molar-refractivity contribution in [2.45, 2.75) is 23.9 Å². The highest BCUT2D eigenvalue weighted by Gasteiger charge is 2.18. The number of carbonyl (C=O) groups is 1. The van der Waals surface area contributed by atoms with Crippen molar-refractivity contribution in [2.75, 3.05) is 13.2 Å². The number of imidazole rings is 1. The second-order valence-electron chi connectivity index (χ2n) is 7.60. The Hall–Kier alpha value is -3.45. The molecular weight excluding hydrogens is 422 g/mol. The molecule has 1 atom stereocenters. The molecule has 0 fully saturated rings. The number of nitrogens with zero attached hydrogens (tertiary/aromatic N) is 1. The van der Waals surface area contributed by atoms with Crippen molar-refractivity contribution in [1.82, 2.24) is 15.3 Å². The van der Waals surface area contributed by atoms with Crippen LogP contribution in [0, 0.1) is 0 Å². The van der Waals surface area contributed by atoms with E-state index in [0.29, 0.717) is 24.5 Å². The van der Waals surface area contributed by atoms with Crippen LogP contribution in [0.1, 0.15) is 34.5 Å². The lowest BCUT2D eigenvalue weighted by molar-refractivity contribution is 0.0939. The number of benzene rings is 3. The third-order valence-electron chi connectivity index (χ3n) is 5.41. The third-order valence-corrected chi connectivity index (χ3v) is 6.33. The Balaban J connectivity index is 1.28. The predicted molar refractivity (Wildman–Crippen MR) is 125 cm³/mol. The summed E-state index contributed by atoms with van der Waals surface area (Å²) in [5, 5.41) is 3.95. The number of aromatic nitrogens is 2. The van der Waals surface area contributed by atoms with Crippen LogP contribution in [-0.4, -0.2) is 29.1 Å². The van der Waals surface area contributed by atoms with Crippen LogP contribution in [0.25, 0.3) is 11.0 Å². The predicted octanol–water partition coefficient (Wildman–Crippen LogP) is 5.12. The molecule has 0 unspecified atom stereocenters. The van der Waals surface area contributed by atoms with E-state index < -0.39 is 0 Å². The topological polar surface area (TPSA) is 76.2 Å². The zero-order chi connectivity index (χ0) is 21.9. The van der Waals surface area contributed by atoms with Gasteiger partial charge in [0.2, 0.25) is 0 Å². The van der Waals surface area contributed by atoms with Gasteiger partial charge in [0.05, 0.1) is 17.1 Å². The van der Waals surface area contributed by atoms with E-state index in [9.17, 15) is 4.79 Å². The van der Waals surface area contributed by atoms with Gasteiger partial charge in [-0.15, -0.1) is 0 Å². The van der Waals surface area contributed by atoms with Gasteiger partial charge in [-0.3, -0.25) is 4.79 Å². The van der Waals surface area contributed by atoms with Crippen LogP contribution in [0.4, 0.5) is 0 Å². The maximum absolute atomic E-state index is 13.1. The fourth-order valence-corrected chi connectivity index (χ4v) is 4.59. The standard InChI is InChI=1S/C25H23N3O3S/c1-16(17-10-11-22-23(14-17)31-13-12-30-22)26-24(29)19-7-3-2-6-18(19)15-32-25-27-20-8-4-5-9-21(20)28-25/h2-11,14,16H,12-13,15H2,1H3,(H,26,29)(H,27,28)/t16-/m0/s1. The van der Waals surface area contributed by atoms with Crippen molar-refractivity contribution < 1.29 is 14.3 Å². The Labute approximate surface area is 190 Å². The van der Waals surface area contributed by atoms with Crippen molar-refractivity contribution in [3.8, 4) is 11.5 Å². The number of amides is 1. The maximum Gasteiger partial charge on any atom is 0.252 e. The largest absolute Gasteiger partial charge is 0.486 e. The average molecular weight is 446 g/mol. The van der Waals surface area contributed by atoms with Crippen LogP contribution in [0.3, 0.4) is 0 Å². The molecule has 0 saturated carbocycles. The summed E-state index contributed by atoms with van der Waals surface area (Å²) in [5.74, 6) is 2.00. The van der Waals surface area contributed by atoms with Gasteiger partial charge in [0.15, 0.2) is 16.7 Å². The van der Waals surface area contributed by atoms with Gasteiger partial charge < -0.3 is 19.8 Å². The van der Waals surface area contributed by atoms with Gasteiger partial charge in [-0.05, 0) is 48.4 Å². The van der Waals surface area contributed by atoms with Crippen molar-refractivity contribution in [3.63, 3.8) is 0 Å². The van der Waals surface area contributed by atoms with E-state index >= 15 is 0 Å². The van der Waals surface area contributed by atoms with E-state index in [1.807, 2.05) is 73.7 Å². The number of aromatic amines is 1. The van der Waals surface area contributed by atoms with Crippen LogP contribution in [0.5, 0.6) is 11.5 Å². The zero-order valence-electron chi connectivity index (χ0n) is 17.6. The Kier molecular flexibility index (Phi) is 5.73. The number of para-hydroxylation sites is 2. The average Bonchev–Trinajstić information content (AvgIpc) is 3.25. The number of rotatable bonds is 6. The van der Waals surface area contributed by atoms with E-state index in [0.717, 1.165) is 38.8 Å². The highest BCUT2D eigenvalue weighted by molar-refractivity contribution is 7.98. The van der Waals surface area contributed by atoms with Gasteiger partial charge in [0.1, 0.15) is 13.2 Å². The van der Waals surface area contributed by atoms with Crippen molar-refractivity contribution in [2.24, 2.45) is 0 Å². The Bertz CT molecular complexity index is 1240. The highest BCUT2D eigenvalue weighted by Crippen LogP contribution is 2.33. The molecule has 0 radical (unpaired) electrons. The smallest absolute Gasteiger partial charge is 0.252 e. The molecule has 0 saturated heterocycles. The van der Waals surface area contributed by atoms with Crippen LogP contribution < -0.4 is 14.8 Å². The molecule has 1 aliphatic rings. The molecule has 4 aromatic rings. The van der Waals surface area contributed by atoms with Gasteiger partial charge in [0, 0.05) is 11.3 Å². The van der Waals surface area contributed by atoms with E-state index in [1.54, 1.807) is 11.8 Å². The molecule has 2 heterocycles. The molecule has 6 nitrogen and oxygen atoms in total. The minimum absolute atomic E-state index is 0.104. The van der Waals surface area contributed by atoms with Crippen LogP contribution >= 0.6 is 11.8 Å². The van der Waals surface area contributed by atoms with Crippen molar-refractivity contribution in [1.29, 1.82) is 0 Å². The lowest BCUT2D eigenvalue weighted by atomic mass is 10.0. The quantitative estimate of drug-likeness (QED) is 0.403.